The van der Waals surface area contributed by atoms with Gasteiger partial charge in [-0.25, -0.2) is 0 Å². The molecule has 0 N–H and O–H groups in total. The zero-order valence-electron chi connectivity index (χ0n) is 5.72. The Hall–Kier alpha value is -0.520. The number of hydrogen-bond acceptors (Lipinski definition) is 0. The molecule has 0 aromatic rings. The summed E-state index contributed by atoms with van der Waals surface area (Å²) in [6, 6.07) is 0. The molecule has 9 heavy (non-hydrogen) atoms. The monoisotopic (exact) mass is 121 g/mol. The van der Waals surface area contributed by atoms with Gasteiger partial charge in [0.05, 0.1) is 0 Å². The third kappa shape index (κ3) is 3.12. The molecule has 0 saturated heterocycles. The fraction of sp³-hybridized carbons (Fsp3) is 0.444. The molecule has 0 heteroatoms. The van der Waals surface area contributed by atoms with Crippen LogP contribution in [0, 0.1) is 12.3 Å². The second-order valence-corrected chi connectivity index (χ2v) is 2.47. The Balaban J connectivity index is 1.91. The van der Waals surface area contributed by atoms with Crippen molar-refractivity contribution in [2.24, 2.45) is 5.92 Å². The molecule has 1 saturated carbocycles. The van der Waals surface area contributed by atoms with Gasteiger partial charge in [0.2, 0.25) is 0 Å². The van der Waals surface area contributed by atoms with Gasteiger partial charge in [-0.1, -0.05) is 24.8 Å². The van der Waals surface area contributed by atoms with E-state index >= 15 is 0 Å². The van der Waals surface area contributed by atoms with Crippen LogP contribution in [0.5, 0.6) is 0 Å². The first-order valence-electron chi connectivity index (χ1n) is 3.54. The van der Waals surface area contributed by atoms with Crippen LogP contribution in [0.25, 0.3) is 0 Å². The highest BCUT2D eigenvalue weighted by molar-refractivity contribution is 5.00. The van der Waals surface area contributed by atoms with E-state index < -0.39 is 0 Å². The summed E-state index contributed by atoms with van der Waals surface area (Å²) in [4.78, 5) is 0. The minimum atomic E-state index is 0.944. The van der Waals surface area contributed by atoms with Crippen LogP contribution in [-0.2, 0) is 0 Å². The van der Waals surface area contributed by atoms with Crippen LogP contribution in [-0.4, -0.2) is 0 Å². The molecule has 0 spiro atoms. The molecular formula is C9H13. The zero-order chi connectivity index (χ0) is 6.53. The summed E-state index contributed by atoms with van der Waals surface area (Å²) < 4.78 is 0. The van der Waals surface area contributed by atoms with Crippen molar-refractivity contribution in [3.8, 4) is 0 Å². The van der Waals surface area contributed by atoms with Crippen LogP contribution in [0.15, 0.2) is 24.8 Å². The van der Waals surface area contributed by atoms with Crippen molar-refractivity contribution in [2.75, 3.05) is 0 Å². The normalized spacial score (nSPS) is 18.7. The molecule has 0 amide bonds. The van der Waals surface area contributed by atoms with Crippen molar-refractivity contribution in [1.82, 2.24) is 0 Å². The van der Waals surface area contributed by atoms with Gasteiger partial charge in [0, 0.05) is 0 Å². The molecule has 1 rings (SSSR count). The minimum Gasteiger partial charge on any atom is -0.0991 e. The van der Waals surface area contributed by atoms with E-state index in [1.807, 2.05) is 12.2 Å². The van der Waals surface area contributed by atoms with E-state index in [-0.39, 0.29) is 0 Å². The minimum absolute atomic E-state index is 0.944. The number of allylic oxidation sites excluding steroid dienone is 3. The molecule has 1 radical (unpaired) electrons. The van der Waals surface area contributed by atoms with Gasteiger partial charge in [-0.15, -0.1) is 0 Å². The van der Waals surface area contributed by atoms with Crippen molar-refractivity contribution < 1.29 is 0 Å². The standard InChI is InChI=1S/C9H13/c1-2-3-4-5-6-9-7-8-9/h2-4,7,9H,1,5-6,8H2. The first-order chi connectivity index (χ1) is 4.43. The molecule has 0 bridgehead atoms. The third-order valence-corrected chi connectivity index (χ3v) is 1.55. The lowest BCUT2D eigenvalue weighted by atomic mass is 10.2. The predicted molar refractivity (Wildman–Crippen MR) is 41.0 cm³/mol. The lowest BCUT2D eigenvalue weighted by molar-refractivity contribution is 0.763. The molecule has 1 aliphatic rings. The highest BCUT2D eigenvalue weighted by Crippen LogP contribution is 2.31. The molecule has 1 atom stereocenters. The van der Waals surface area contributed by atoms with Gasteiger partial charge in [-0.2, -0.15) is 0 Å². The average molecular weight is 121 g/mol. The Morgan fingerprint density at radius 1 is 1.67 bits per heavy atom. The van der Waals surface area contributed by atoms with Crippen molar-refractivity contribution in [1.29, 1.82) is 0 Å². The van der Waals surface area contributed by atoms with Crippen LogP contribution in [0.1, 0.15) is 19.3 Å². The highest BCUT2D eigenvalue weighted by atomic mass is 14.2. The van der Waals surface area contributed by atoms with E-state index in [1.54, 1.807) is 0 Å². The van der Waals surface area contributed by atoms with Gasteiger partial charge in [0.25, 0.3) is 0 Å². The maximum atomic E-state index is 3.60. The first-order valence-corrected chi connectivity index (χ1v) is 3.54. The largest absolute Gasteiger partial charge is 0.0991 e. The van der Waals surface area contributed by atoms with E-state index in [4.69, 9.17) is 0 Å². The van der Waals surface area contributed by atoms with Crippen molar-refractivity contribution in [3.63, 3.8) is 0 Å². The summed E-state index contributed by atoms with van der Waals surface area (Å²) in [5.74, 6) is 0.944. The zero-order valence-corrected chi connectivity index (χ0v) is 5.72. The Bertz CT molecular complexity index is 107. The molecule has 1 fully saturated rings. The molecule has 0 aliphatic heterocycles. The van der Waals surface area contributed by atoms with E-state index in [0.29, 0.717) is 0 Å². The van der Waals surface area contributed by atoms with Gasteiger partial charge in [-0.05, 0) is 31.6 Å². The van der Waals surface area contributed by atoms with Gasteiger partial charge in [0.15, 0.2) is 0 Å². The summed E-state index contributed by atoms with van der Waals surface area (Å²) in [6.45, 7) is 3.60. The molecule has 49 valence electrons. The second kappa shape index (κ2) is 3.49. The first kappa shape index (κ1) is 6.60. The topological polar surface area (TPSA) is 0 Å². The average Bonchev–Trinajstić information content (AvgIpc) is 2.63. The third-order valence-electron chi connectivity index (χ3n) is 1.55. The maximum Gasteiger partial charge on any atom is -0.0345 e. The lowest BCUT2D eigenvalue weighted by Gasteiger charge is -1.86. The van der Waals surface area contributed by atoms with E-state index in [9.17, 15) is 0 Å². The molecule has 0 nitrogen and oxygen atoms in total. The van der Waals surface area contributed by atoms with Crippen LogP contribution in [0.4, 0.5) is 0 Å². The molecule has 0 aromatic heterocycles. The Morgan fingerprint density at radius 2 is 2.44 bits per heavy atom. The summed E-state index contributed by atoms with van der Waals surface area (Å²) in [7, 11) is 0. The van der Waals surface area contributed by atoms with E-state index in [2.05, 4.69) is 19.1 Å². The highest BCUT2D eigenvalue weighted by Gasteiger charge is 2.19. The Kier molecular flexibility index (Phi) is 2.56. The van der Waals surface area contributed by atoms with Crippen LogP contribution in [0.3, 0.4) is 0 Å². The van der Waals surface area contributed by atoms with Crippen molar-refractivity contribution in [3.05, 3.63) is 31.2 Å². The van der Waals surface area contributed by atoms with Crippen molar-refractivity contribution >= 4 is 0 Å². The molecular weight excluding hydrogens is 108 g/mol. The maximum absolute atomic E-state index is 3.60. The molecule has 1 aliphatic carbocycles. The molecule has 0 aromatic carbocycles. The second-order valence-electron chi connectivity index (χ2n) is 2.47. The quantitative estimate of drug-likeness (QED) is 0.502. The van der Waals surface area contributed by atoms with Crippen LogP contribution in [0.2, 0.25) is 0 Å². The Morgan fingerprint density at radius 3 is 3.00 bits per heavy atom. The van der Waals surface area contributed by atoms with Gasteiger partial charge in [-0.3, -0.25) is 0 Å². The summed E-state index contributed by atoms with van der Waals surface area (Å²) >= 11 is 0. The number of rotatable bonds is 4. The summed E-state index contributed by atoms with van der Waals surface area (Å²) in [6.07, 6.45) is 12.3. The molecule has 0 heterocycles. The SMILES string of the molecule is C=CC=CCCC1[CH]C1. The predicted octanol–water partition coefficient (Wildman–Crippen LogP) is 2.73. The lowest BCUT2D eigenvalue weighted by Crippen LogP contribution is -1.71. The fourth-order valence-electron chi connectivity index (χ4n) is 0.835. The van der Waals surface area contributed by atoms with E-state index in [1.165, 1.54) is 19.3 Å². The summed E-state index contributed by atoms with van der Waals surface area (Å²) in [5, 5.41) is 0. The van der Waals surface area contributed by atoms with Gasteiger partial charge < -0.3 is 0 Å². The van der Waals surface area contributed by atoms with Crippen molar-refractivity contribution in [2.45, 2.75) is 19.3 Å². The van der Waals surface area contributed by atoms with E-state index in [0.717, 1.165) is 5.92 Å². The van der Waals surface area contributed by atoms with Gasteiger partial charge >= 0.3 is 0 Å². The number of hydrogen-bond donors (Lipinski definition) is 0. The van der Waals surface area contributed by atoms with Crippen LogP contribution >= 0.6 is 0 Å². The molecule has 1 unspecified atom stereocenters. The summed E-state index contributed by atoms with van der Waals surface area (Å²) in [5.41, 5.74) is 0. The smallest absolute Gasteiger partial charge is 0.0345 e. The fourth-order valence-corrected chi connectivity index (χ4v) is 0.835. The van der Waals surface area contributed by atoms with Gasteiger partial charge in [0.1, 0.15) is 0 Å². The van der Waals surface area contributed by atoms with Crippen LogP contribution < -0.4 is 0 Å². The Labute approximate surface area is 57.3 Å².